The molecule has 0 saturated heterocycles. The van der Waals surface area contributed by atoms with E-state index in [9.17, 15) is 8.42 Å². The number of hydrogen-bond donors (Lipinski definition) is 1. The predicted molar refractivity (Wildman–Crippen MR) is 81.8 cm³/mol. The van der Waals surface area contributed by atoms with Crippen LogP contribution in [0.2, 0.25) is 0 Å². The molecule has 0 radical (unpaired) electrons. The smallest absolute Gasteiger partial charge is 0.243 e. The van der Waals surface area contributed by atoms with Gasteiger partial charge in [0.1, 0.15) is 0 Å². The Labute approximate surface area is 121 Å². The number of rotatable bonds is 2. The van der Waals surface area contributed by atoms with Gasteiger partial charge >= 0.3 is 0 Å². The van der Waals surface area contributed by atoms with E-state index in [0.717, 1.165) is 6.42 Å². The van der Waals surface area contributed by atoms with Crippen LogP contribution in [0.1, 0.15) is 27.2 Å². The zero-order chi connectivity index (χ0) is 15.0. The van der Waals surface area contributed by atoms with Gasteiger partial charge in [0.05, 0.1) is 4.90 Å². The van der Waals surface area contributed by atoms with Crippen LogP contribution in [-0.2, 0) is 10.0 Å². The van der Waals surface area contributed by atoms with E-state index in [0.29, 0.717) is 23.7 Å². The van der Waals surface area contributed by atoms with Gasteiger partial charge in [0.25, 0.3) is 0 Å². The van der Waals surface area contributed by atoms with Gasteiger partial charge in [-0.15, -0.1) is 0 Å². The van der Waals surface area contributed by atoms with Crippen molar-refractivity contribution < 1.29 is 8.42 Å². The van der Waals surface area contributed by atoms with E-state index in [1.165, 1.54) is 9.88 Å². The third kappa shape index (κ3) is 3.04. The second kappa shape index (κ2) is 5.22. The molecule has 1 heterocycles. The second-order valence-electron chi connectivity index (χ2n) is 6.16. The normalized spacial score (nSPS) is 17.9. The van der Waals surface area contributed by atoms with Crippen molar-refractivity contribution in [1.29, 1.82) is 0 Å². The van der Waals surface area contributed by atoms with Gasteiger partial charge in [0.15, 0.2) is 0 Å². The molecule has 0 unspecified atom stereocenters. The molecule has 5 heteroatoms. The van der Waals surface area contributed by atoms with Crippen molar-refractivity contribution in [1.82, 2.24) is 4.31 Å². The lowest BCUT2D eigenvalue weighted by Crippen LogP contribution is -2.36. The molecule has 1 aromatic rings. The fraction of sp³-hybridized carbons (Fsp3) is 0.467. The van der Waals surface area contributed by atoms with Gasteiger partial charge in [0, 0.05) is 18.8 Å². The van der Waals surface area contributed by atoms with Crippen molar-refractivity contribution >= 4 is 15.7 Å². The topological polar surface area (TPSA) is 63.4 Å². The molecule has 20 heavy (non-hydrogen) atoms. The maximum absolute atomic E-state index is 12.5. The summed E-state index contributed by atoms with van der Waals surface area (Å²) in [5, 5.41) is 0. The molecule has 0 aliphatic carbocycles. The van der Waals surface area contributed by atoms with Crippen LogP contribution in [0.15, 0.2) is 40.8 Å². The Balaban J connectivity index is 2.21. The van der Waals surface area contributed by atoms with Gasteiger partial charge in [-0.3, -0.25) is 0 Å². The summed E-state index contributed by atoms with van der Waals surface area (Å²) in [6.07, 6.45) is 2.83. The van der Waals surface area contributed by atoms with Gasteiger partial charge < -0.3 is 5.73 Å². The average molecular weight is 294 g/mol. The van der Waals surface area contributed by atoms with Crippen molar-refractivity contribution in [3.05, 3.63) is 35.9 Å². The fourth-order valence-corrected chi connectivity index (χ4v) is 3.72. The summed E-state index contributed by atoms with van der Waals surface area (Å²) in [6.45, 7) is 7.45. The Morgan fingerprint density at radius 2 is 1.75 bits per heavy atom. The summed E-state index contributed by atoms with van der Waals surface area (Å²) in [6, 6.07) is 6.36. The SMILES string of the molecule is CC(C)(C)C1=CCN(S(=O)(=O)c2ccc(N)cc2)CC1. The number of anilines is 1. The zero-order valence-corrected chi connectivity index (χ0v) is 13.1. The molecule has 0 aromatic heterocycles. The second-order valence-corrected chi connectivity index (χ2v) is 8.10. The Morgan fingerprint density at radius 3 is 2.20 bits per heavy atom. The maximum Gasteiger partial charge on any atom is 0.243 e. The van der Waals surface area contributed by atoms with Crippen molar-refractivity contribution in [2.75, 3.05) is 18.8 Å². The number of nitrogen functional groups attached to an aromatic ring is 1. The first kappa shape index (κ1) is 15.1. The number of nitrogens with two attached hydrogens (primary N) is 1. The lowest BCUT2D eigenvalue weighted by atomic mass is 9.83. The van der Waals surface area contributed by atoms with Crippen LogP contribution in [0.4, 0.5) is 5.69 Å². The zero-order valence-electron chi connectivity index (χ0n) is 12.3. The van der Waals surface area contributed by atoms with Crippen LogP contribution in [0, 0.1) is 5.41 Å². The molecule has 2 rings (SSSR count). The Hall–Kier alpha value is -1.33. The van der Waals surface area contributed by atoms with Crippen LogP contribution >= 0.6 is 0 Å². The molecule has 0 amide bonds. The molecule has 2 N–H and O–H groups in total. The number of benzene rings is 1. The quantitative estimate of drug-likeness (QED) is 0.673. The molecule has 110 valence electrons. The van der Waals surface area contributed by atoms with E-state index in [-0.39, 0.29) is 5.41 Å². The molecule has 1 aliphatic rings. The predicted octanol–water partition coefficient (Wildman–Crippen LogP) is 2.64. The van der Waals surface area contributed by atoms with Gasteiger partial charge in [0.2, 0.25) is 10.0 Å². The maximum atomic E-state index is 12.5. The number of hydrogen-bond acceptors (Lipinski definition) is 3. The van der Waals surface area contributed by atoms with Gasteiger partial charge in [-0.1, -0.05) is 32.4 Å². The van der Waals surface area contributed by atoms with E-state index in [4.69, 9.17) is 5.73 Å². The molecular weight excluding hydrogens is 272 g/mol. The molecule has 0 atom stereocenters. The summed E-state index contributed by atoms with van der Waals surface area (Å²) < 4.78 is 26.5. The van der Waals surface area contributed by atoms with E-state index >= 15 is 0 Å². The Kier molecular flexibility index (Phi) is 3.93. The molecule has 1 aliphatic heterocycles. The summed E-state index contributed by atoms with van der Waals surface area (Å²) >= 11 is 0. The molecule has 0 saturated carbocycles. The highest BCUT2D eigenvalue weighted by Crippen LogP contribution is 2.31. The molecule has 1 aromatic carbocycles. The van der Waals surface area contributed by atoms with Crippen molar-refractivity contribution in [2.45, 2.75) is 32.1 Å². The molecular formula is C15H22N2O2S. The van der Waals surface area contributed by atoms with Gasteiger partial charge in [-0.25, -0.2) is 8.42 Å². The summed E-state index contributed by atoms with van der Waals surface area (Å²) in [5.41, 5.74) is 7.59. The first-order valence-corrected chi connectivity index (χ1v) is 8.20. The van der Waals surface area contributed by atoms with Crippen molar-refractivity contribution in [2.24, 2.45) is 5.41 Å². The standard InChI is InChI=1S/C15H22N2O2S/c1-15(2,3)12-8-10-17(11-9-12)20(18,19)14-6-4-13(16)5-7-14/h4-8H,9-11,16H2,1-3H3. The van der Waals surface area contributed by atoms with Gasteiger partial charge in [-0.2, -0.15) is 4.31 Å². The van der Waals surface area contributed by atoms with Crippen molar-refractivity contribution in [3.63, 3.8) is 0 Å². The summed E-state index contributed by atoms with van der Waals surface area (Å²) in [4.78, 5) is 0.305. The fourth-order valence-electron chi connectivity index (χ4n) is 2.34. The van der Waals surface area contributed by atoms with E-state index in [2.05, 4.69) is 20.8 Å². The van der Waals surface area contributed by atoms with Crippen LogP contribution in [0.25, 0.3) is 0 Å². The third-order valence-electron chi connectivity index (χ3n) is 3.65. The molecule has 0 fully saturated rings. The average Bonchev–Trinajstić information content (AvgIpc) is 2.38. The highest BCUT2D eigenvalue weighted by molar-refractivity contribution is 7.89. The number of nitrogens with zero attached hydrogens (tertiary/aromatic N) is 1. The van der Waals surface area contributed by atoms with Crippen LogP contribution in [-0.4, -0.2) is 25.8 Å². The summed E-state index contributed by atoms with van der Waals surface area (Å²) in [5.74, 6) is 0. The first-order chi connectivity index (χ1) is 9.21. The van der Waals surface area contributed by atoms with E-state index in [1.807, 2.05) is 6.08 Å². The summed E-state index contributed by atoms with van der Waals surface area (Å²) in [7, 11) is -3.41. The van der Waals surface area contributed by atoms with E-state index < -0.39 is 10.0 Å². The van der Waals surface area contributed by atoms with E-state index in [1.54, 1.807) is 24.3 Å². The molecule has 0 bridgehead atoms. The minimum atomic E-state index is -3.41. The van der Waals surface area contributed by atoms with Crippen LogP contribution in [0.5, 0.6) is 0 Å². The Morgan fingerprint density at radius 1 is 1.15 bits per heavy atom. The van der Waals surface area contributed by atoms with Crippen molar-refractivity contribution in [3.8, 4) is 0 Å². The minimum Gasteiger partial charge on any atom is -0.399 e. The third-order valence-corrected chi connectivity index (χ3v) is 5.53. The molecule has 4 nitrogen and oxygen atoms in total. The molecule has 0 spiro atoms. The lowest BCUT2D eigenvalue weighted by molar-refractivity contribution is 0.389. The highest BCUT2D eigenvalue weighted by Gasteiger charge is 2.28. The largest absolute Gasteiger partial charge is 0.399 e. The Bertz CT molecular complexity index is 610. The van der Waals surface area contributed by atoms with Crippen LogP contribution < -0.4 is 5.73 Å². The van der Waals surface area contributed by atoms with Gasteiger partial charge in [-0.05, 0) is 36.1 Å². The monoisotopic (exact) mass is 294 g/mol. The highest BCUT2D eigenvalue weighted by atomic mass is 32.2. The lowest BCUT2D eigenvalue weighted by Gasteiger charge is -2.31. The number of sulfonamides is 1. The minimum absolute atomic E-state index is 0.108. The van der Waals surface area contributed by atoms with Crippen LogP contribution in [0.3, 0.4) is 0 Å². The first-order valence-electron chi connectivity index (χ1n) is 6.76.